The van der Waals surface area contributed by atoms with Crippen LogP contribution in [0.25, 0.3) is 10.9 Å². The molecule has 4 N–H and O–H groups in total. The van der Waals surface area contributed by atoms with Gasteiger partial charge in [-0.25, -0.2) is 4.98 Å². The van der Waals surface area contributed by atoms with Crippen molar-refractivity contribution in [1.82, 2.24) is 9.97 Å². The number of carbonyl (C=O) groups is 1. The van der Waals surface area contributed by atoms with E-state index in [9.17, 15) is 4.79 Å². The average molecular weight is 231 g/mol. The summed E-state index contributed by atoms with van der Waals surface area (Å²) in [6.45, 7) is 0.0458. The summed E-state index contributed by atoms with van der Waals surface area (Å²) in [6.07, 6.45) is 0. The van der Waals surface area contributed by atoms with Crippen molar-refractivity contribution < 1.29 is 4.79 Å². The molecule has 0 bridgehead atoms. The number of primary amides is 1. The molecule has 2 aromatic rings. The molecule has 17 heavy (non-hydrogen) atoms. The van der Waals surface area contributed by atoms with E-state index in [1.807, 2.05) is 24.3 Å². The Labute approximate surface area is 98.2 Å². The number of anilines is 2. The number of benzene rings is 1. The summed E-state index contributed by atoms with van der Waals surface area (Å²) in [7, 11) is 1.74. The van der Waals surface area contributed by atoms with Gasteiger partial charge in [-0.1, -0.05) is 12.1 Å². The molecule has 88 valence electrons. The Kier molecular flexibility index (Phi) is 3.04. The van der Waals surface area contributed by atoms with Gasteiger partial charge in [-0.05, 0) is 12.1 Å². The molecule has 0 aliphatic heterocycles. The highest BCUT2D eigenvalue weighted by Gasteiger charge is 2.06. The van der Waals surface area contributed by atoms with Crippen LogP contribution >= 0.6 is 0 Å². The molecule has 0 atom stereocenters. The summed E-state index contributed by atoms with van der Waals surface area (Å²) < 4.78 is 0. The zero-order valence-electron chi connectivity index (χ0n) is 9.40. The van der Waals surface area contributed by atoms with Crippen molar-refractivity contribution in [2.75, 3.05) is 24.2 Å². The third kappa shape index (κ3) is 2.41. The van der Waals surface area contributed by atoms with E-state index in [4.69, 9.17) is 5.73 Å². The second kappa shape index (κ2) is 4.65. The molecule has 0 radical (unpaired) electrons. The third-order valence-electron chi connectivity index (χ3n) is 2.26. The Morgan fingerprint density at radius 1 is 1.35 bits per heavy atom. The van der Waals surface area contributed by atoms with Crippen LogP contribution in [0.1, 0.15) is 0 Å². The number of nitrogens with one attached hydrogen (secondary N) is 2. The zero-order valence-corrected chi connectivity index (χ0v) is 9.40. The van der Waals surface area contributed by atoms with E-state index >= 15 is 0 Å². The van der Waals surface area contributed by atoms with Crippen molar-refractivity contribution >= 4 is 28.6 Å². The van der Waals surface area contributed by atoms with E-state index in [-0.39, 0.29) is 6.54 Å². The maximum absolute atomic E-state index is 10.8. The first-order valence-corrected chi connectivity index (χ1v) is 5.17. The number of rotatable bonds is 4. The van der Waals surface area contributed by atoms with Crippen LogP contribution in [0.15, 0.2) is 24.3 Å². The maximum Gasteiger partial charge on any atom is 0.236 e. The number of nitrogens with two attached hydrogens (primary N) is 1. The van der Waals surface area contributed by atoms with Gasteiger partial charge in [-0.15, -0.1) is 0 Å². The summed E-state index contributed by atoms with van der Waals surface area (Å²) in [6, 6.07) is 7.55. The Hall–Kier alpha value is -2.37. The number of nitrogens with zero attached hydrogens (tertiary/aromatic N) is 2. The van der Waals surface area contributed by atoms with Crippen molar-refractivity contribution in [3.63, 3.8) is 0 Å². The number of amides is 1. The number of hydrogen-bond acceptors (Lipinski definition) is 5. The molecule has 1 heterocycles. The lowest BCUT2D eigenvalue weighted by atomic mass is 10.2. The summed E-state index contributed by atoms with van der Waals surface area (Å²) in [5, 5.41) is 6.62. The molecule has 0 aliphatic rings. The van der Waals surface area contributed by atoms with Gasteiger partial charge in [0.15, 0.2) is 0 Å². The smallest absolute Gasteiger partial charge is 0.236 e. The average Bonchev–Trinajstić information content (AvgIpc) is 2.35. The highest BCUT2D eigenvalue weighted by molar-refractivity contribution is 5.91. The third-order valence-corrected chi connectivity index (χ3v) is 2.26. The second-order valence-corrected chi connectivity index (χ2v) is 3.48. The van der Waals surface area contributed by atoms with Crippen LogP contribution in [-0.4, -0.2) is 29.5 Å². The minimum atomic E-state index is -0.432. The Morgan fingerprint density at radius 3 is 2.82 bits per heavy atom. The van der Waals surface area contributed by atoms with Crippen LogP contribution < -0.4 is 16.4 Å². The largest absolute Gasteiger partial charge is 0.368 e. The quantitative estimate of drug-likeness (QED) is 0.715. The fourth-order valence-corrected chi connectivity index (χ4v) is 1.49. The number of carbonyl (C=O) groups excluding carboxylic acids is 1. The minimum absolute atomic E-state index is 0.0458. The van der Waals surface area contributed by atoms with E-state index in [0.29, 0.717) is 11.8 Å². The van der Waals surface area contributed by atoms with Gasteiger partial charge in [-0.2, -0.15) is 4.98 Å². The SMILES string of the molecule is CNc1nc(NCC(N)=O)c2ccccc2n1. The molecule has 0 saturated carbocycles. The molecule has 0 saturated heterocycles. The molecule has 0 spiro atoms. The molecule has 2 rings (SSSR count). The molecular formula is C11H13N5O. The fraction of sp³-hybridized carbons (Fsp3) is 0.182. The lowest BCUT2D eigenvalue weighted by Crippen LogP contribution is -2.22. The molecule has 1 amide bonds. The van der Waals surface area contributed by atoms with E-state index in [1.165, 1.54) is 0 Å². The maximum atomic E-state index is 10.8. The first-order chi connectivity index (χ1) is 8.20. The van der Waals surface area contributed by atoms with Gasteiger partial charge >= 0.3 is 0 Å². The van der Waals surface area contributed by atoms with Crippen LogP contribution in [0.4, 0.5) is 11.8 Å². The van der Waals surface area contributed by atoms with Crippen molar-refractivity contribution in [2.45, 2.75) is 0 Å². The molecule has 6 heteroatoms. The van der Waals surface area contributed by atoms with Crippen molar-refractivity contribution in [3.8, 4) is 0 Å². The van der Waals surface area contributed by atoms with E-state index in [2.05, 4.69) is 20.6 Å². The Bertz CT molecular complexity index is 555. The highest BCUT2D eigenvalue weighted by Crippen LogP contribution is 2.21. The van der Waals surface area contributed by atoms with Crippen LogP contribution in [0, 0.1) is 0 Å². The van der Waals surface area contributed by atoms with E-state index in [1.54, 1.807) is 7.05 Å². The predicted molar refractivity (Wildman–Crippen MR) is 66.8 cm³/mol. The summed E-state index contributed by atoms with van der Waals surface area (Å²) in [5.74, 6) is 0.660. The van der Waals surface area contributed by atoms with Crippen molar-refractivity contribution in [3.05, 3.63) is 24.3 Å². The van der Waals surface area contributed by atoms with Crippen LogP contribution in [-0.2, 0) is 4.79 Å². The molecule has 0 aliphatic carbocycles. The van der Waals surface area contributed by atoms with Crippen LogP contribution in [0.5, 0.6) is 0 Å². The summed E-state index contributed by atoms with van der Waals surface area (Å²) in [5.41, 5.74) is 5.90. The first-order valence-electron chi connectivity index (χ1n) is 5.17. The lowest BCUT2D eigenvalue weighted by molar-refractivity contribution is -0.116. The van der Waals surface area contributed by atoms with Crippen molar-refractivity contribution in [1.29, 1.82) is 0 Å². The Balaban J connectivity index is 2.46. The molecule has 6 nitrogen and oxygen atoms in total. The standard InChI is InChI=1S/C11H13N5O/c1-13-11-15-8-5-3-2-4-7(8)10(16-11)14-6-9(12)17/h2-5H,6H2,1H3,(H2,12,17)(H2,13,14,15,16). The normalized spacial score (nSPS) is 10.2. The van der Waals surface area contributed by atoms with Gasteiger partial charge in [0.1, 0.15) is 5.82 Å². The Morgan fingerprint density at radius 2 is 2.12 bits per heavy atom. The second-order valence-electron chi connectivity index (χ2n) is 3.48. The minimum Gasteiger partial charge on any atom is -0.368 e. The zero-order chi connectivity index (χ0) is 12.3. The molecule has 1 aromatic heterocycles. The van der Waals surface area contributed by atoms with Gasteiger partial charge < -0.3 is 16.4 Å². The van der Waals surface area contributed by atoms with E-state index in [0.717, 1.165) is 10.9 Å². The number of aromatic nitrogens is 2. The number of hydrogen-bond donors (Lipinski definition) is 3. The van der Waals surface area contributed by atoms with Crippen LogP contribution in [0.3, 0.4) is 0 Å². The number of fused-ring (bicyclic) bond motifs is 1. The molecular weight excluding hydrogens is 218 g/mol. The van der Waals surface area contributed by atoms with Crippen molar-refractivity contribution in [2.24, 2.45) is 5.73 Å². The van der Waals surface area contributed by atoms with E-state index < -0.39 is 5.91 Å². The number of para-hydroxylation sites is 1. The fourth-order valence-electron chi connectivity index (χ4n) is 1.49. The topological polar surface area (TPSA) is 92.9 Å². The van der Waals surface area contributed by atoms with Gasteiger partial charge in [-0.3, -0.25) is 4.79 Å². The lowest BCUT2D eigenvalue weighted by Gasteiger charge is -2.08. The van der Waals surface area contributed by atoms with Crippen LogP contribution in [0.2, 0.25) is 0 Å². The van der Waals surface area contributed by atoms with Gasteiger partial charge in [0, 0.05) is 12.4 Å². The molecule has 0 unspecified atom stereocenters. The predicted octanol–water partition coefficient (Wildman–Crippen LogP) is 0.569. The highest BCUT2D eigenvalue weighted by atomic mass is 16.1. The molecule has 1 aromatic carbocycles. The van der Waals surface area contributed by atoms with Gasteiger partial charge in [0.05, 0.1) is 12.1 Å². The first kappa shape index (κ1) is 11.1. The molecule has 0 fully saturated rings. The van der Waals surface area contributed by atoms with Gasteiger partial charge in [0.25, 0.3) is 0 Å². The van der Waals surface area contributed by atoms with Gasteiger partial charge in [0.2, 0.25) is 11.9 Å². The summed E-state index contributed by atoms with van der Waals surface area (Å²) >= 11 is 0. The summed E-state index contributed by atoms with van der Waals surface area (Å²) in [4.78, 5) is 19.3. The monoisotopic (exact) mass is 231 g/mol.